The number of carbonyl (C=O) groups excluding carboxylic acids is 1. The van der Waals surface area contributed by atoms with Crippen molar-refractivity contribution < 1.29 is 4.79 Å². The molecule has 0 spiro atoms. The maximum atomic E-state index is 10.6. The number of anilines is 2. The molecule has 4 heteroatoms. The number of nitrogens with two attached hydrogens (primary N) is 1. The maximum absolute atomic E-state index is 10.6. The highest BCUT2D eigenvalue weighted by Gasteiger charge is 2.14. The largest absolute Gasteiger partial charge is 0.385 e. The van der Waals surface area contributed by atoms with Gasteiger partial charge in [0, 0.05) is 17.9 Å². The molecule has 0 aliphatic heterocycles. The Morgan fingerprint density at radius 2 is 1.76 bits per heavy atom. The molecular formula is C13H19N3O. The van der Waals surface area contributed by atoms with Crippen molar-refractivity contribution in [3.63, 3.8) is 0 Å². The third-order valence-corrected chi connectivity index (χ3v) is 3.22. The van der Waals surface area contributed by atoms with E-state index in [-0.39, 0.29) is 0 Å². The van der Waals surface area contributed by atoms with Crippen molar-refractivity contribution in [1.82, 2.24) is 0 Å². The fourth-order valence-corrected chi connectivity index (χ4v) is 2.29. The first-order valence-electron chi connectivity index (χ1n) is 6.14. The second-order valence-corrected chi connectivity index (χ2v) is 4.60. The average molecular weight is 233 g/mol. The van der Waals surface area contributed by atoms with E-state index in [1.165, 1.54) is 25.7 Å². The Morgan fingerprint density at radius 1 is 1.18 bits per heavy atom. The summed E-state index contributed by atoms with van der Waals surface area (Å²) in [6.07, 6.45) is 5.42. The molecule has 0 bridgehead atoms. The van der Waals surface area contributed by atoms with Crippen molar-refractivity contribution in [2.24, 2.45) is 11.7 Å². The van der Waals surface area contributed by atoms with E-state index < -0.39 is 6.03 Å². The molecule has 2 amide bonds. The third kappa shape index (κ3) is 3.66. The van der Waals surface area contributed by atoms with Crippen molar-refractivity contribution in [1.29, 1.82) is 0 Å². The molecule has 1 saturated carbocycles. The zero-order valence-corrected chi connectivity index (χ0v) is 9.91. The molecule has 17 heavy (non-hydrogen) atoms. The molecule has 0 radical (unpaired) electrons. The first kappa shape index (κ1) is 11.8. The summed E-state index contributed by atoms with van der Waals surface area (Å²) in [4.78, 5) is 10.6. The molecular weight excluding hydrogens is 214 g/mol. The van der Waals surface area contributed by atoms with Crippen molar-refractivity contribution in [3.05, 3.63) is 24.3 Å². The smallest absolute Gasteiger partial charge is 0.316 e. The number of nitrogens with one attached hydrogen (secondary N) is 2. The SMILES string of the molecule is NC(=O)Nc1ccc(NCC2CCCC2)cc1. The van der Waals surface area contributed by atoms with Gasteiger partial charge in [0.25, 0.3) is 0 Å². The summed E-state index contributed by atoms with van der Waals surface area (Å²) in [6.45, 7) is 1.04. The van der Waals surface area contributed by atoms with E-state index in [4.69, 9.17) is 5.73 Å². The lowest BCUT2D eigenvalue weighted by Gasteiger charge is -2.12. The van der Waals surface area contributed by atoms with Crippen LogP contribution in [0.25, 0.3) is 0 Å². The van der Waals surface area contributed by atoms with Crippen LogP contribution in [0.4, 0.5) is 16.2 Å². The fourth-order valence-electron chi connectivity index (χ4n) is 2.29. The van der Waals surface area contributed by atoms with Crippen LogP contribution >= 0.6 is 0 Å². The number of amides is 2. The zero-order chi connectivity index (χ0) is 12.1. The Labute approximate surface area is 102 Å². The van der Waals surface area contributed by atoms with Gasteiger partial charge < -0.3 is 16.4 Å². The second-order valence-electron chi connectivity index (χ2n) is 4.60. The highest BCUT2D eigenvalue weighted by molar-refractivity contribution is 5.87. The molecule has 0 heterocycles. The second kappa shape index (κ2) is 5.57. The van der Waals surface area contributed by atoms with Gasteiger partial charge in [-0.1, -0.05) is 12.8 Å². The van der Waals surface area contributed by atoms with Gasteiger partial charge in [0.05, 0.1) is 0 Å². The van der Waals surface area contributed by atoms with Crippen molar-refractivity contribution >= 4 is 17.4 Å². The molecule has 0 saturated heterocycles. The van der Waals surface area contributed by atoms with Crippen LogP contribution in [0.3, 0.4) is 0 Å². The lowest BCUT2D eigenvalue weighted by atomic mass is 10.1. The zero-order valence-electron chi connectivity index (χ0n) is 9.91. The molecule has 0 aromatic heterocycles. The predicted octanol–water partition coefficient (Wildman–Crippen LogP) is 2.78. The van der Waals surface area contributed by atoms with Crippen LogP contribution in [-0.4, -0.2) is 12.6 Å². The molecule has 1 aromatic carbocycles. The van der Waals surface area contributed by atoms with Crippen molar-refractivity contribution in [2.45, 2.75) is 25.7 Å². The number of benzene rings is 1. The Balaban J connectivity index is 1.82. The lowest BCUT2D eigenvalue weighted by molar-refractivity contribution is 0.259. The van der Waals surface area contributed by atoms with Gasteiger partial charge in [-0.3, -0.25) is 0 Å². The Morgan fingerprint density at radius 3 is 2.35 bits per heavy atom. The summed E-state index contributed by atoms with van der Waals surface area (Å²) in [6, 6.07) is 7.08. The molecule has 4 N–H and O–H groups in total. The monoisotopic (exact) mass is 233 g/mol. The Kier molecular flexibility index (Phi) is 3.85. The Bertz CT molecular complexity index is 369. The van der Waals surface area contributed by atoms with Crippen LogP contribution in [0.15, 0.2) is 24.3 Å². The maximum Gasteiger partial charge on any atom is 0.316 e. The lowest BCUT2D eigenvalue weighted by Crippen LogP contribution is -2.19. The van der Waals surface area contributed by atoms with Gasteiger partial charge >= 0.3 is 6.03 Å². The molecule has 1 fully saturated rings. The molecule has 0 atom stereocenters. The normalized spacial score (nSPS) is 15.8. The molecule has 0 unspecified atom stereocenters. The van der Waals surface area contributed by atoms with Crippen LogP contribution in [0.1, 0.15) is 25.7 Å². The van der Waals surface area contributed by atoms with E-state index in [0.29, 0.717) is 0 Å². The average Bonchev–Trinajstić information content (AvgIpc) is 2.80. The summed E-state index contributed by atoms with van der Waals surface area (Å²) in [5.41, 5.74) is 6.85. The van der Waals surface area contributed by atoms with Gasteiger partial charge in [-0.05, 0) is 43.0 Å². The van der Waals surface area contributed by atoms with E-state index in [1.54, 1.807) is 0 Å². The first-order valence-corrected chi connectivity index (χ1v) is 6.14. The Hall–Kier alpha value is -1.71. The summed E-state index contributed by atoms with van der Waals surface area (Å²) in [5, 5.41) is 5.96. The van der Waals surface area contributed by atoms with Crippen molar-refractivity contribution in [3.8, 4) is 0 Å². The molecule has 92 valence electrons. The van der Waals surface area contributed by atoms with E-state index in [9.17, 15) is 4.79 Å². The number of carbonyl (C=O) groups is 1. The molecule has 1 aromatic rings. The number of hydrogen-bond donors (Lipinski definition) is 3. The van der Waals surface area contributed by atoms with Crippen LogP contribution in [0.2, 0.25) is 0 Å². The molecule has 4 nitrogen and oxygen atoms in total. The van der Waals surface area contributed by atoms with Gasteiger partial charge in [0.2, 0.25) is 0 Å². The van der Waals surface area contributed by atoms with E-state index >= 15 is 0 Å². The van der Waals surface area contributed by atoms with Gasteiger partial charge in [-0.2, -0.15) is 0 Å². The minimum atomic E-state index is -0.531. The van der Waals surface area contributed by atoms with E-state index in [0.717, 1.165) is 23.8 Å². The number of primary amides is 1. The number of urea groups is 1. The van der Waals surface area contributed by atoms with Gasteiger partial charge in [-0.15, -0.1) is 0 Å². The van der Waals surface area contributed by atoms with Crippen LogP contribution < -0.4 is 16.4 Å². The minimum Gasteiger partial charge on any atom is -0.385 e. The number of rotatable bonds is 4. The van der Waals surface area contributed by atoms with E-state index in [2.05, 4.69) is 10.6 Å². The summed E-state index contributed by atoms with van der Waals surface area (Å²) >= 11 is 0. The van der Waals surface area contributed by atoms with Gasteiger partial charge in [0.1, 0.15) is 0 Å². The van der Waals surface area contributed by atoms with Crippen LogP contribution in [-0.2, 0) is 0 Å². The van der Waals surface area contributed by atoms with Gasteiger partial charge in [-0.25, -0.2) is 4.79 Å². The van der Waals surface area contributed by atoms with Crippen LogP contribution in [0.5, 0.6) is 0 Å². The molecule has 1 aliphatic rings. The quantitative estimate of drug-likeness (QED) is 0.748. The fraction of sp³-hybridized carbons (Fsp3) is 0.462. The van der Waals surface area contributed by atoms with E-state index in [1.807, 2.05) is 24.3 Å². The molecule has 2 rings (SSSR count). The van der Waals surface area contributed by atoms with Gasteiger partial charge in [0.15, 0.2) is 0 Å². The topological polar surface area (TPSA) is 67.2 Å². The highest BCUT2D eigenvalue weighted by Crippen LogP contribution is 2.25. The summed E-state index contributed by atoms with van der Waals surface area (Å²) in [5.74, 6) is 0.818. The van der Waals surface area contributed by atoms with Crippen molar-refractivity contribution in [2.75, 3.05) is 17.2 Å². The highest BCUT2D eigenvalue weighted by atomic mass is 16.2. The predicted molar refractivity (Wildman–Crippen MR) is 70.1 cm³/mol. The molecule has 1 aliphatic carbocycles. The standard InChI is InChI=1S/C13H19N3O/c14-13(17)16-12-7-5-11(6-8-12)15-9-10-3-1-2-4-10/h5-8,10,15H,1-4,9H2,(H3,14,16,17). The third-order valence-electron chi connectivity index (χ3n) is 3.22. The number of hydrogen-bond acceptors (Lipinski definition) is 2. The van der Waals surface area contributed by atoms with Crippen LogP contribution in [0, 0.1) is 5.92 Å². The summed E-state index contributed by atoms with van der Waals surface area (Å²) < 4.78 is 0. The minimum absolute atomic E-state index is 0.531. The first-order chi connectivity index (χ1) is 8.24. The summed E-state index contributed by atoms with van der Waals surface area (Å²) in [7, 11) is 0.